The Kier molecular flexibility index (Phi) is 16.3. The normalized spacial score (nSPS) is 15.1. The smallest absolute Gasteiger partial charge is 0.336 e. The molecule has 0 radical (unpaired) electrons. The van der Waals surface area contributed by atoms with Gasteiger partial charge in [0, 0.05) is 0 Å². The molecule has 1 aliphatic rings. The predicted octanol–water partition coefficient (Wildman–Crippen LogP) is 2.22. The van der Waals surface area contributed by atoms with E-state index in [2.05, 4.69) is 26.6 Å². The first kappa shape index (κ1) is 42.8. The Morgan fingerprint density at radius 1 is 0.815 bits per heavy atom. The lowest BCUT2D eigenvalue weighted by molar-refractivity contribution is -0.141. The lowest BCUT2D eigenvalue weighted by atomic mass is 9.83. The molecule has 1 aliphatic carbocycles. The van der Waals surface area contributed by atoms with Gasteiger partial charge in [0.1, 0.15) is 18.1 Å². The molecule has 1 saturated carbocycles. The summed E-state index contributed by atoms with van der Waals surface area (Å²) in [6.45, 7) is 6.36. The summed E-state index contributed by atoms with van der Waals surface area (Å²) in [5.41, 5.74) is 6.00. The van der Waals surface area contributed by atoms with Gasteiger partial charge in [0.05, 0.1) is 23.7 Å². The SMILES string of the molecule is CCCC(NC(=O)[C@H](CC(C)C)NC(=O)C(NC(=O)c1cccc(C)c1C(=O)O)C1CCCCC1)C(=O)C(=O)NCC(=O)N[C@H](C(N)=O)c1ccccc1. The van der Waals surface area contributed by atoms with E-state index >= 15 is 0 Å². The van der Waals surface area contributed by atoms with Crippen molar-refractivity contribution < 1.29 is 43.5 Å². The first-order valence-electron chi connectivity index (χ1n) is 18.3. The van der Waals surface area contributed by atoms with Gasteiger partial charge in [-0.05, 0) is 61.6 Å². The van der Waals surface area contributed by atoms with E-state index in [-0.39, 0.29) is 35.8 Å². The van der Waals surface area contributed by atoms with Crippen molar-refractivity contribution in [1.82, 2.24) is 26.6 Å². The molecule has 0 spiro atoms. The average Bonchev–Trinajstić information content (AvgIpc) is 3.14. The Morgan fingerprint density at radius 3 is 2.06 bits per heavy atom. The average molecular weight is 749 g/mol. The summed E-state index contributed by atoms with van der Waals surface area (Å²) in [5.74, 6) is -7.49. The van der Waals surface area contributed by atoms with Gasteiger partial charge in [-0.3, -0.25) is 33.6 Å². The van der Waals surface area contributed by atoms with E-state index in [0.717, 1.165) is 19.3 Å². The minimum atomic E-state index is -1.29. The second-order valence-electron chi connectivity index (χ2n) is 14.1. The Labute approximate surface area is 315 Å². The van der Waals surface area contributed by atoms with Crippen LogP contribution in [0.5, 0.6) is 0 Å². The molecule has 15 nitrogen and oxygen atoms in total. The summed E-state index contributed by atoms with van der Waals surface area (Å²) in [4.78, 5) is 104. The number of aromatic carboxylic acids is 1. The summed E-state index contributed by atoms with van der Waals surface area (Å²) < 4.78 is 0. The van der Waals surface area contributed by atoms with Gasteiger partial charge in [0.2, 0.25) is 29.4 Å². The van der Waals surface area contributed by atoms with Crippen molar-refractivity contribution in [2.24, 2.45) is 17.6 Å². The number of Topliss-reactive ketones (excluding diaryl/α,β-unsaturated/α-hetero) is 1. The van der Waals surface area contributed by atoms with E-state index in [4.69, 9.17) is 5.73 Å². The molecular weight excluding hydrogens is 696 g/mol. The van der Waals surface area contributed by atoms with E-state index < -0.39 is 77.9 Å². The third-order valence-corrected chi connectivity index (χ3v) is 9.33. The first-order chi connectivity index (χ1) is 25.6. The quantitative estimate of drug-likeness (QED) is 0.104. The first-order valence-corrected chi connectivity index (χ1v) is 18.3. The Bertz CT molecular complexity index is 1690. The molecule has 2 aromatic carbocycles. The monoisotopic (exact) mass is 748 g/mol. The van der Waals surface area contributed by atoms with Gasteiger partial charge in [0.25, 0.3) is 11.8 Å². The van der Waals surface area contributed by atoms with Crippen LogP contribution in [0, 0.1) is 18.8 Å². The zero-order chi connectivity index (χ0) is 39.9. The molecule has 0 heterocycles. The number of hydrogen-bond donors (Lipinski definition) is 7. The molecule has 0 bridgehead atoms. The number of hydrogen-bond acceptors (Lipinski definition) is 8. The van der Waals surface area contributed by atoms with Crippen LogP contribution in [0.2, 0.25) is 0 Å². The Morgan fingerprint density at radius 2 is 1.46 bits per heavy atom. The number of carbonyl (C=O) groups is 8. The fraction of sp³-hybridized carbons (Fsp3) is 0.487. The number of carbonyl (C=O) groups excluding carboxylic acids is 7. The van der Waals surface area contributed by atoms with Crippen molar-refractivity contribution in [3.8, 4) is 0 Å². The van der Waals surface area contributed by atoms with Gasteiger partial charge < -0.3 is 37.4 Å². The van der Waals surface area contributed by atoms with Crippen LogP contribution in [0.25, 0.3) is 0 Å². The van der Waals surface area contributed by atoms with Gasteiger partial charge in [-0.25, -0.2) is 4.79 Å². The lowest BCUT2D eigenvalue weighted by Gasteiger charge is -2.32. The number of nitrogens with two attached hydrogens (primary N) is 1. The van der Waals surface area contributed by atoms with Gasteiger partial charge in [0.15, 0.2) is 0 Å². The second-order valence-corrected chi connectivity index (χ2v) is 14.1. The highest BCUT2D eigenvalue weighted by atomic mass is 16.4. The summed E-state index contributed by atoms with van der Waals surface area (Å²) in [7, 11) is 0. The topological polar surface area (TPSA) is 243 Å². The minimum absolute atomic E-state index is 0.0768. The number of carboxylic acids is 1. The molecule has 8 N–H and O–H groups in total. The molecule has 3 rings (SSSR count). The standard InChI is InChI=1S/C39H52N6O9/c1-5-13-27(33(47)38(52)41-21-29(46)44-31(34(40)48)24-15-8-6-9-16-24)42-36(50)28(20-22(2)3)43-37(51)32(25-17-10-7-11-18-25)45-35(49)26-19-12-14-23(4)30(26)39(53)54/h6,8-9,12,14-16,19,22,25,27-28,31-32H,5,7,10-11,13,17-18,20-21H2,1-4H3,(H2,40,48)(H,41,52)(H,42,50)(H,43,51)(H,44,46)(H,45,49)(H,53,54)/t27?,28-,31-,32?/m0/s1. The Balaban J connectivity index is 1.74. The third-order valence-electron chi connectivity index (χ3n) is 9.33. The maximum atomic E-state index is 14.0. The molecule has 2 unspecified atom stereocenters. The predicted molar refractivity (Wildman–Crippen MR) is 199 cm³/mol. The molecule has 6 amide bonds. The highest BCUT2D eigenvalue weighted by Gasteiger charge is 2.36. The van der Waals surface area contributed by atoms with E-state index in [0.29, 0.717) is 30.4 Å². The van der Waals surface area contributed by atoms with E-state index in [1.165, 1.54) is 6.07 Å². The van der Waals surface area contributed by atoms with Crippen molar-refractivity contribution in [2.75, 3.05) is 6.54 Å². The van der Waals surface area contributed by atoms with Gasteiger partial charge in [-0.2, -0.15) is 0 Å². The fourth-order valence-electron chi connectivity index (χ4n) is 6.60. The lowest BCUT2D eigenvalue weighted by Crippen LogP contribution is -2.58. The van der Waals surface area contributed by atoms with Crippen LogP contribution in [0.4, 0.5) is 0 Å². The number of benzene rings is 2. The van der Waals surface area contributed by atoms with Crippen LogP contribution in [-0.2, 0) is 28.8 Å². The number of ketones is 1. The van der Waals surface area contributed by atoms with Crippen LogP contribution in [0.15, 0.2) is 48.5 Å². The van der Waals surface area contributed by atoms with Crippen molar-refractivity contribution in [3.63, 3.8) is 0 Å². The zero-order valence-corrected chi connectivity index (χ0v) is 31.2. The number of nitrogens with one attached hydrogen (secondary N) is 5. The van der Waals surface area contributed by atoms with Crippen molar-refractivity contribution in [1.29, 1.82) is 0 Å². The number of amides is 6. The van der Waals surface area contributed by atoms with Gasteiger partial charge >= 0.3 is 5.97 Å². The summed E-state index contributed by atoms with van der Waals surface area (Å²) in [6, 6.07) is 8.07. The summed E-state index contributed by atoms with van der Waals surface area (Å²) in [6.07, 6.45) is 4.52. The molecule has 4 atom stereocenters. The molecule has 15 heteroatoms. The molecule has 54 heavy (non-hydrogen) atoms. The number of carboxylic acid groups (broad SMARTS) is 1. The maximum absolute atomic E-state index is 14.0. The maximum Gasteiger partial charge on any atom is 0.336 e. The van der Waals surface area contributed by atoms with Crippen LogP contribution in [0.1, 0.15) is 110 Å². The molecule has 1 fully saturated rings. The van der Waals surface area contributed by atoms with E-state index in [1.807, 2.05) is 13.8 Å². The van der Waals surface area contributed by atoms with Crippen LogP contribution in [0.3, 0.4) is 0 Å². The highest BCUT2D eigenvalue weighted by molar-refractivity contribution is 6.38. The minimum Gasteiger partial charge on any atom is -0.478 e. The highest BCUT2D eigenvalue weighted by Crippen LogP contribution is 2.27. The number of rotatable bonds is 19. The molecule has 0 saturated heterocycles. The fourth-order valence-corrected chi connectivity index (χ4v) is 6.60. The molecule has 292 valence electrons. The van der Waals surface area contributed by atoms with E-state index in [9.17, 15) is 43.5 Å². The number of aryl methyl sites for hydroxylation is 1. The largest absolute Gasteiger partial charge is 0.478 e. The van der Waals surface area contributed by atoms with E-state index in [1.54, 1.807) is 56.3 Å². The molecule has 0 aliphatic heterocycles. The Hall–Kier alpha value is -5.60. The van der Waals surface area contributed by atoms with Crippen molar-refractivity contribution in [3.05, 3.63) is 70.8 Å². The second kappa shape index (κ2) is 20.6. The summed E-state index contributed by atoms with van der Waals surface area (Å²) in [5, 5.41) is 22.6. The zero-order valence-electron chi connectivity index (χ0n) is 31.2. The van der Waals surface area contributed by atoms with Gasteiger partial charge in [-0.15, -0.1) is 0 Å². The van der Waals surface area contributed by atoms with Crippen molar-refractivity contribution >= 4 is 47.2 Å². The van der Waals surface area contributed by atoms with Gasteiger partial charge in [-0.1, -0.05) is 88.9 Å². The number of primary amides is 1. The van der Waals surface area contributed by atoms with Crippen LogP contribution >= 0.6 is 0 Å². The van der Waals surface area contributed by atoms with Crippen LogP contribution in [-0.4, -0.2) is 77.0 Å². The molecule has 0 aromatic heterocycles. The van der Waals surface area contributed by atoms with Crippen LogP contribution < -0.4 is 32.3 Å². The van der Waals surface area contributed by atoms with Crippen molar-refractivity contribution in [2.45, 2.75) is 103 Å². The third kappa shape index (κ3) is 12.2. The molecule has 2 aromatic rings. The molecular formula is C39H52N6O9. The summed E-state index contributed by atoms with van der Waals surface area (Å²) >= 11 is 0.